The van der Waals surface area contributed by atoms with Crippen LogP contribution in [0, 0.1) is 11.8 Å². The van der Waals surface area contributed by atoms with Crippen LogP contribution in [0.5, 0.6) is 0 Å². The number of carbonyl (C=O) groups is 2. The second kappa shape index (κ2) is 7.13. The highest BCUT2D eigenvalue weighted by Crippen LogP contribution is 2.34. The summed E-state index contributed by atoms with van der Waals surface area (Å²) in [5.41, 5.74) is 1.19. The molecule has 0 radical (unpaired) electrons. The van der Waals surface area contributed by atoms with Crippen molar-refractivity contribution in [3.63, 3.8) is 0 Å². The topological polar surface area (TPSA) is 69.6 Å². The number of carboxylic acid groups (broad SMARTS) is 1. The second-order valence-corrected chi connectivity index (χ2v) is 6.72. The molecule has 3 aliphatic heterocycles. The molecule has 3 saturated heterocycles. The zero-order valence-corrected chi connectivity index (χ0v) is 13.3. The van der Waals surface area contributed by atoms with Gasteiger partial charge in [-0.15, -0.1) is 0 Å². The molecule has 5 nitrogen and oxygen atoms in total. The van der Waals surface area contributed by atoms with E-state index in [4.69, 9.17) is 5.11 Å². The lowest BCUT2D eigenvalue weighted by atomic mass is 9.77. The maximum absolute atomic E-state index is 12.0. The lowest BCUT2D eigenvalue weighted by molar-refractivity contribution is -0.121. The lowest BCUT2D eigenvalue weighted by Gasteiger charge is -2.44. The summed E-state index contributed by atoms with van der Waals surface area (Å²) in [6.07, 6.45) is 4.15. The predicted octanol–water partition coefficient (Wildman–Crippen LogP) is 2.12. The molecule has 0 aliphatic carbocycles. The Morgan fingerprint density at radius 3 is 2.43 bits per heavy atom. The molecule has 3 fully saturated rings. The number of carbonyl (C=O) groups excluding carboxylic acids is 1. The van der Waals surface area contributed by atoms with Gasteiger partial charge >= 0.3 is 5.97 Å². The molecule has 1 unspecified atom stereocenters. The van der Waals surface area contributed by atoms with Gasteiger partial charge in [-0.05, 0) is 61.9 Å². The fourth-order valence-corrected chi connectivity index (χ4v) is 3.79. The van der Waals surface area contributed by atoms with Crippen LogP contribution in [-0.2, 0) is 11.3 Å². The van der Waals surface area contributed by atoms with Crippen molar-refractivity contribution in [3.8, 4) is 0 Å². The Bertz CT molecular complexity index is 562. The van der Waals surface area contributed by atoms with E-state index in [1.54, 1.807) is 24.3 Å². The summed E-state index contributed by atoms with van der Waals surface area (Å²) in [7, 11) is 0. The molecule has 1 amide bonds. The van der Waals surface area contributed by atoms with E-state index < -0.39 is 5.97 Å². The van der Waals surface area contributed by atoms with Crippen LogP contribution in [0.15, 0.2) is 24.3 Å². The number of hydrogen-bond acceptors (Lipinski definition) is 3. The number of piperidine rings is 3. The number of nitrogens with zero attached hydrogens (tertiary/aromatic N) is 1. The highest BCUT2D eigenvalue weighted by molar-refractivity contribution is 5.87. The van der Waals surface area contributed by atoms with E-state index in [9.17, 15) is 9.59 Å². The number of fused-ring (bicyclic) bond motifs is 3. The fourth-order valence-electron chi connectivity index (χ4n) is 3.79. The summed E-state index contributed by atoms with van der Waals surface area (Å²) in [6, 6.07) is 6.63. The van der Waals surface area contributed by atoms with Gasteiger partial charge in [0.05, 0.1) is 5.56 Å². The van der Waals surface area contributed by atoms with Gasteiger partial charge in [0.15, 0.2) is 0 Å². The first-order valence-electron chi connectivity index (χ1n) is 8.43. The van der Waals surface area contributed by atoms with E-state index in [0.29, 0.717) is 18.9 Å². The van der Waals surface area contributed by atoms with Crippen LogP contribution in [0.1, 0.15) is 41.6 Å². The number of amides is 1. The zero-order valence-electron chi connectivity index (χ0n) is 13.3. The summed E-state index contributed by atoms with van der Waals surface area (Å²) >= 11 is 0. The van der Waals surface area contributed by atoms with Gasteiger partial charge in [-0.2, -0.15) is 0 Å². The monoisotopic (exact) mass is 316 g/mol. The van der Waals surface area contributed by atoms with Gasteiger partial charge < -0.3 is 15.3 Å². The van der Waals surface area contributed by atoms with Crippen molar-refractivity contribution < 1.29 is 14.7 Å². The molecule has 0 spiro atoms. The van der Waals surface area contributed by atoms with Gasteiger partial charge in [0.2, 0.25) is 5.91 Å². The Kier molecular flexibility index (Phi) is 4.96. The lowest BCUT2D eigenvalue weighted by Crippen LogP contribution is -2.47. The Labute approximate surface area is 136 Å². The van der Waals surface area contributed by atoms with Crippen molar-refractivity contribution >= 4 is 11.9 Å². The third-order valence-electron chi connectivity index (χ3n) is 5.22. The molecule has 3 aliphatic rings. The second-order valence-electron chi connectivity index (χ2n) is 6.72. The highest BCUT2D eigenvalue weighted by atomic mass is 16.4. The molecule has 2 N–H and O–H groups in total. The van der Waals surface area contributed by atoms with Crippen LogP contribution >= 0.6 is 0 Å². The molecular formula is C18H24N2O3. The molecule has 5 heteroatoms. The van der Waals surface area contributed by atoms with Gasteiger partial charge in [-0.25, -0.2) is 4.79 Å². The number of aromatic carboxylic acids is 1. The molecule has 1 aromatic rings. The molecule has 2 bridgehead atoms. The quantitative estimate of drug-likeness (QED) is 0.843. The average Bonchev–Trinajstić information content (AvgIpc) is 2.59. The minimum Gasteiger partial charge on any atom is -0.478 e. The van der Waals surface area contributed by atoms with Crippen molar-refractivity contribution in [2.45, 2.75) is 32.2 Å². The van der Waals surface area contributed by atoms with Crippen LogP contribution in [0.2, 0.25) is 0 Å². The van der Waals surface area contributed by atoms with Crippen LogP contribution in [0.3, 0.4) is 0 Å². The third-order valence-corrected chi connectivity index (χ3v) is 5.22. The Hall–Kier alpha value is -1.88. The molecule has 1 aromatic carbocycles. The normalized spacial score (nSPS) is 26.0. The van der Waals surface area contributed by atoms with Crippen molar-refractivity contribution in [2.75, 3.05) is 19.6 Å². The minimum absolute atomic E-state index is 0.0868. The molecule has 1 atom stereocenters. The van der Waals surface area contributed by atoms with E-state index in [1.807, 2.05) is 0 Å². The zero-order chi connectivity index (χ0) is 16.2. The molecule has 0 aromatic heterocycles. The highest BCUT2D eigenvalue weighted by Gasteiger charge is 2.33. The summed E-state index contributed by atoms with van der Waals surface area (Å²) in [5.74, 6) is 0.649. The van der Waals surface area contributed by atoms with Gasteiger partial charge in [-0.1, -0.05) is 12.1 Å². The van der Waals surface area contributed by atoms with Crippen LogP contribution in [-0.4, -0.2) is 41.5 Å². The maximum Gasteiger partial charge on any atom is 0.335 e. The van der Waals surface area contributed by atoms with Crippen LogP contribution < -0.4 is 5.32 Å². The van der Waals surface area contributed by atoms with E-state index in [2.05, 4.69) is 10.2 Å². The summed E-state index contributed by atoms with van der Waals surface area (Å²) in [6.45, 7) is 4.09. The van der Waals surface area contributed by atoms with Gasteiger partial charge in [-0.3, -0.25) is 4.79 Å². The first kappa shape index (κ1) is 16.0. The molecule has 124 valence electrons. The minimum atomic E-state index is -0.932. The molecule has 23 heavy (non-hydrogen) atoms. The maximum atomic E-state index is 12.0. The van der Waals surface area contributed by atoms with Crippen molar-refractivity contribution in [1.82, 2.24) is 10.2 Å². The van der Waals surface area contributed by atoms with E-state index in [-0.39, 0.29) is 11.5 Å². The summed E-state index contributed by atoms with van der Waals surface area (Å²) in [4.78, 5) is 25.3. The number of hydrogen-bond donors (Lipinski definition) is 2. The van der Waals surface area contributed by atoms with Gasteiger partial charge in [0.1, 0.15) is 0 Å². The van der Waals surface area contributed by atoms with Crippen molar-refractivity contribution in [2.24, 2.45) is 11.8 Å². The van der Waals surface area contributed by atoms with E-state index >= 15 is 0 Å². The summed E-state index contributed by atoms with van der Waals surface area (Å²) < 4.78 is 0. The molecular weight excluding hydrogens is 292 g/mol. The summed E-state index contributed by atoms with van der Waals surface area (Å²) in [5, 5.41) is 11.8. The van der Waals surface area contributed by atoms with Crippen molar-refractivity contribution in [3.05, 3.63) is 35.4 Å². The number of carboxylic acids is 1. The van der Waals surface area contributed by atoms with E-state index in [0.717, 1.165) is 24.4 Å². The Morgan fingerprint density at radius 2 is 1.87 bits per heavy atom. The number of rotatable bonds is 6. The SMILES string of the molecule is O=C(CCC1CN2CCC1CC2)NCc1ccc(C(=O)O)cc1. The average molecular weight is 316 g/mol. The van der Waals surface area contributed by atoms with Crippen LogP contribution in [0.4, 0.5) is 0 Å². The number of benzene rings is 1. The standard InChI is InChI=1S/C18H24N2O3/c21-17(6-5-16-12-20-9-7-14(16)8-10-20)19-11-13-1-3-15(4-2-13)18(22)23/h1-4,14,16H,5-12H2,(H,19,21)(H,22,23). The number of nitrogens with one attached hydrogen (secondary N) is 1. The van der Waals surface area contributed by atoms with Crippen LogP contribution in [0.25, 0.3) is 0 Å². The Morgan fingerprint density at radius 1 is 1.17 bits per heavy atom. The smallest absolute Gasteiger partial charge is 0.335 e. The largest absolute Gasteiger partial charge is 0.478 e. The van der Waals surface area contributed by atoms with Gasteiger partial charge in [0.25, 0.3) is 0 Å². The van der Waals surface area contributed by atoms with Gasteiger partial charge in [0, 0.05) is 19.5 Å². The fraction of sp³-hybridized carbons (Fsp3) is 0.556. The van der Waals surface area contributed by atoms with E-state index in [1.165, 1.54) is 25.9 Å². The molecule has 0 saturated carbocycles. The predicted molar refractivity (Wildman–Crippen MR) is 87.1 cm³/mol. The molecule has 4 rings (SSSR count). The van der Waals surface area contributed by atoms with Crippen molar-refractivity contribution in [1.29, 1.82) is 0 Å². The third kappa shape index (κ3) is 4.10. The first-order valence-corrected chi connectivity index (χ1v) is 8.43. The first-order chi connectivity index (χ1) is 11.1. The Balaban J connectivity index is 1.40. The molecule has 3 heterocycles.